The van der Waals surface area contributed by atoms with Gasteiger partial charge in [-0.05, 0) is 42.2 Å². The molecule has 0 aliphatic rings. The second-order valence-corrected chi connectivity index (χ2v) is 5.21. The minimum atomic E-state index is -0.325. The summed E-state index contributed by atoms with van der Waals surface area (Å²) in [6, 6.07) is 7.27. The number of hydrogen-bond donors (Lipinski definition) is 2. The highest BCUT2D eigenvalue weighted by Crippen LogP contribution is 2.21. The van der Waals surface area contributed by atoms with Crippen molar-refractivity contribution < 1.29 is 9.59 Å². The van der Waals surface area contributed by atoms with Crippen molar-refractivity contribution in [3.05, 3.63) is 28.7 Å². The molecule has 0 saturated carbocycles. The van der Waals surface area contributed by atoms with Gasteiger partial charge in [0.2, 0.25) is 11.8 Å². The monoisotopic (exact) mass is 327 g/mol. The molecule has 0 bridgehead atoms. The van der Waals surface area contributed by atoms with Crippen LogP contribution in [-0.4, -0.2) is 43.9 Å². The molecule has 0 fully saturated rings. The Morgan fingerprint density at radius 2 is 1.89 bits per heavy atom. The van der Waals surface area contributed by atoms with E-state index in [2.05, 4.69) is 26.6 Å². The molecule has 0 radical (unpaired) electrons. The van der Waals surface area contributed by atoms with Crippen LogP contribution in [-0.2, 0) is 9.59 Å². The maximum absolute atomic E-state index is 11.7. The Hall–Kier alpha value is -1.40. The summed E-state index contributed by atoms with van der Waals surface area (Å²) in [5.74, 6) is -0.597. The first-order chi connectivity index (χ1) is 8.99. The predicted molar refractivity (Wildman–Crippen MR) is 79.0 cm³/mol. The molecule has 1 rings (SSSR count). The molecule has 0 heterocycles. The fourth-order valence-electron chi connectivity index (χ4n) is 1.38. The van der Waals surface area contributed by atoms with E-state index in [9.17, 15) is 9.59 Å². The third-order valence-corrected chi connectivity index (χ3v) is 3.04. The minimum absolute atomic E-state index is 0.172. The molecule has 0 saturated heterocycles. The van der Waals surface area contributed by atoms with Crippen LogP contribution < -0.4 is 10.6 Å². The molecule has 5 nitrogen and oxygen atoms in total. The predicted octanol–water partition coefficient (Wildman–Crippen LogP) is 1.46. The number of nitrogens with zero attached hydrogens (tertiary/aromatic N) is 1. The van der Waals surface area contributed by atoms with Crippen molar-refractivity contribution in [2.75, 3.05) is 32.5 Å². The molecular formula is C13H18BrN3O2. The van der Waals surface area contributed by atoms with E-state index in [1.807, 2.05) is 37.2 Å². The van der Waals surface area contributed by atoms with Crippen LogP contribution in [0.4, 0.5) is 5.69 Å². The van der Waals surface area contributed by atoms with Crippen LogP contribution in [0.5, 0.6) is 0 Å². The number of benzene rings is 1. The molecule has 1 aromatic carbocycles. The van der Waals surface area contributed by atoms with E-state index in [1.165, 1.54) is 0 Å². The lowest BCUT2D eigenvalue weighted by Crippen LogP contribution is -2.33. The van der Waals surface area contributed by atoms with Crippen molar-refractivity contribution in [2.24, 2.45) is 0 Å². The lowest BCUT2D eigenvalue weighted by molar-refractivity contribution is -0.126. The Bertz CT molecular complexity index is 449. The van der Waals surface area contributed by atoms with Gasteiger partial charge in [-0.15, -0.1) is 0 Å². The van der Waals surface area contributed by atoms with Crippen LogP contribution >= 0.6 is 15.9 Å². The van der Waals surface area contributed by atoms with Gasteiger partial charge < -0.3 is 15.5 Å². The summed E-state index contributed by atoms with van der Waals surface area (Å²) in [5, 5.41) is 5.38. The van der Waals surface area contributed by atoms with E-state index in [1.54, 1.807) is 6.07 Å². The molecule has 0 aliphatic carbocycles. The number of nitrogens with one attached hydrogen (secondary N) is 2. The quantitative estimate of drug-likeness (QED) is 0.777. The Kier molecular flexibility index (Phi) is 6.52. The summed E-state index contributed by atoms with van der Waals surface area (Å²) >= 11 is 3.33. The smallest absolute Gasteiger partial charge is 0.233 e. The fourth-order valence-corrected chi connectivity index (χ4v) is 1.77. The summed E-state index contributed by atoms with van der Waals surface area (Å²) in [4.78, 5) is 25.1. The van der Waals surface area contributed by atoms with Gasteiger partial charge in [-0.2, -0.15) is 0 Å². The van der Waals surface area contributed by atoms with Crippen molar-refractivity contribution in [1.82, 2.24) is 10.2 Å². The molecular weight excluding hydrogens is 310 g/mol. The van der Waals surface area contributed by atoms with Gasteiger partial charge in [-0.25, -0.2) is 0 Å². The van der Waals surface area contributed by atoms with E-state index >= 15 is 0 Å². The van der Waals surface area contributed by atoms with Gasteiger partial charge in [0.05, 0.1) is 5.69 Å². The summed E-state index contributed by atoms with van der Waals surface area (Å²) in [6.07, 6.45) is -0.172. The van der Waals surface area contributed by atoms with Crippen LogP contribution in [0.15, 0.2) is 28.7 Å². The Morgan fingerprint density at radius 3 is 2.53 bits per heavy atom. The Morgan fingerprint density at radius 1 is 1.21 bits per heavy atom. The molecule has 0 atom stereocenters. The molecule has 0 aromatic heterocycles. The van der Waals surface area contributed by atoms with E-state index in [-0.39, 0.29) is 18.2 Å². The normalized spacial score (nSPS) is 10.3. The minimum Gasteiger partial charge on any atom is -0.354 e. The first-order valence-corrected chi connectivity index (χ1v) is 6.74. The topological polar surface area (TPSA) is 61.4 Å². The average molecular weight is 328 g/mol. The van der Waals surface area contributed by atoms with Crippen LogP contribution in [0.3, 0.4) is 0 Å². The first-order valence-electron chi connectivity index (χ1n) is 5.95. The highest BCUT2D eigenvalue weighted by atomic mass is 79.9. The van der Waals surface area contributed by atoms with Crippen LogP contribution in [0.1, 0.15) is 6.42 Å². The third-order valence-electron chi connectivity index (χ3n) is 2.35. The molecule has 104 valence electrons. The number of hydrogen-bond acceptors (Lipinski definition) is 3. The third kappa shape index (κ3) is 6.35. The standard InChI is InChI=1S/C13H18BrN3O2/c1-17(2)8-7-15-12(18)9-13(19)16-11-6-4-3-5-10(11)14/h3-6H,7-9H2,1-2H3,(H,15,18)(H,16,19). The van der Waals surface area contributed by atoms with Gasteiger partial charge >= 0.3 is 0 Å². The molecule has 2 amide bonds. The van der Waals surface area contributed by atoms with Crippen molar-refractivity contribution in [2.45, 2.75) is 6.42 Å². The lowest BCUT2D eigenvalue weighted by atomic mass is 10.3. The van der Waals surface area contributed by atoms with E-state index in [0.717, 1.165) is 11.0 Å². The molecule has 2 N–H and O–H groups in total. The van der Waals surface area contributed by atoms with E-state index < -0.39 is 0 Å². The van der Waals surface area contributed by atoms with Gasteiger partial charge in [-0.1, -0.05) is 12.1 Å². The number of anilines is 1. The van der Waals surface area contributed by atoms with Crippen LogP contribution in [0.2, 0.25) is 0 Å². The largest absolute Gasteiger partial charge is 0.354 e. The van der Waals surface area contributed by atoms with E-state index in [4.69, 9.17) is 0 Å². The maximum Gasteiger partial charge on any atom is 0.233 e. The number of rotatable bonds is 6. The van der Waals surface area contributed by atoms with Crippen molar-refractivity contribution in [1.29, 1.82) is 0 Å². The molecule has 0 unspecified atom stereocenters. The molecule has 1 aromatic rings. The van der Waals surface area contributed by atoms with Crippen molar-refractivity contribution >= 4 is 33.4 Å². The van der Waals surface area contributed by atoms with Gasteiger partial charge in [-0.3, -0.25) is 9.59 Å². The zero-order chi connectivity index (χ0) is 14.3. The van der Waals surface area contributed by atoms with Gasteiger partial charge in [0.15, 0.2) is 0 Å². The van der Waals surface area contributed by atoms with Crippen LogP contribution in [0, 0.1) is 0 Å². The lowest BCUT2D eigenvalue weighted by Gasteiger charge is -2.10. The number of carbonyl (C=O) groups excluding carboxylic acids is 2. The second kappa shape index (κ2) is 7.91. The Balaban J connectivity index is 2.35. The second-order valence-electron chi connectivity index (χ2n) is 4.36. The maximum atomic E-state index is 11.7. The highest BCUT2D eigenvalue weighted by Gasteiger charge is 2.10. The summed E-state index contributed by atoms with van der Waals surface area (Å²) in [6.45, 7) is 1.28. The zero-order valence-electron chi connectivity index (χ0n) is 11.1. The Labute approximate surface area is 121 Å². The molecule has 0 aliphatic heterocycles. The van der Waals surface area contributed by atoms with E-state index in [0.29, 0.717) is 12.2 Å². The van der Waals surface area contributed by atoms with Gasteiger partial charge in [0, 0.05) is 17.6 Å². The summed E-state index contributed by atoms with van der Waals surface area (Å²) in [5.41, 5.74) is 0.661. The van der Waals surface area contributed by atoms with Crippen molar-refractivity contribution in [3.8, 4) is 0 Å². The number of amides is 2. The van der Waals surface area contributed by atoms with Crippen molar-refractivity contribution in [3.63, 3.8) is 0 Å². The van der Waals surface area contributed by atoms with Gasteiger partial charge in [0.1, 0.15) is 6.42 Å². The highest BCUT2D eigenvalue weighted by molar-refractivity contribution is 9.10. The number of halogens is 1. The average Bonchev–Trinajstić information content (AvgIpc) is 2.31. The zero-order valence-corrected chi connectivity index (χ0v) is 12.7. The fraction of sp³-hybridized carbons (Fsp3) is 0.385. The number of carbonyl (C=O) groups is 2. The number of likely N-dealkylation sites (N-methyl/N-ethyl adjacent to an activating group) is 1. The molecule has 19 heavy (non-hydrogen) atoms. The van der Waals surface area contributed by atoms with Crippen LogP contribution in [0.25, 0.3) is 0 Å². The number of para-hydroxylation sites is 1. The SMILES string of the molecule is CN(C)CCNC(=O)CC(=O)Nc1ccccc1Br. The first kappa shape index (κ1) is 15.7. The molecule has 6 heteroatoms. The molecule has 0 spiro atoms. The summed E-state index contributed by atoms with van der Waals surface area (Å²) < 4.78 is 0.788. The van der Waals surface area contributed by atoms with Gasteiger partial charge in [0.25, 0.3) is 0 Å². The summed E-state index contributed by atoms with van der Waals surface area (Å²) in [7, 11) is 3.84.